The third-order valence-electron chi connectivity index (χ3n) is 5.55. The number of hydrogen-bond donors (Lipinski definition) is 1. The summed E-state index contributed by atoms with van der Waals surface area (Å²) < 4.78 is 7.40. The lowest BCUT2D eigenvalue weighted by atomic mass is 10.2. The van der Waals surface area contributed by atoms with E-state index in [1.54, 1.807) is 42.5 Å². The van der Waals surface area contributed by atoms with Crippen LogP contribution in [0.25, 0.3) is 10.9 Å². The van der Waals surface area contributed by atoms with E-state index in [1.165, 1.54) is 23.0 Å². The number of unbranched alkanes of at least 4 members (excludes halogenated alkanes) is 1. The molecule has 4 rings (SSSR count). The van der Waals surface area contributed by atoms with Crippen LogP contribution in [-0.4, -0.2) is 33.3 Å². The number of nitrogens with zero attached hydrogens (tertiary/aromatic N) is 4. The van der Waals surface area contributed by atoms with Gasteiger partial charge < -0.3 is 10.1 Å². The monoisotopic (exact) mass is 577 g/mol. The van der Waals surface area contributed by atoms with E-state index in [4.69, 9.17) is 4.74 Å². The van der Waals surface area contributed by atoms with Crippen LogP contribution < -0.4 is 15.6 Å². The van der Waals surface area contributed by atoms with Crippen molar-refractivity contribution in [3.63, 3.8) is 0 Å². The molecule has 0 fully saturated rings. The van der Waals surface area contributed by atoms with Crippen LogP contribution >= 0.6 is 15.9 Å². The predicted octanol–water partition coefficient (Wildman–Crippen LogP) is 5.31. The van der Waals surface area contributed by atoms with Gasteiger partial charge in [0.2, 0.25) is 0 Å². The van der Waals surface area contributed by atoms with E-state index >= 15 is 0 Å². The highest BCUT2D eigenvalue weighted by Gasteiger charge is 2.17. The number of hydrogen-bond acceptors (Lipinski definition) is 7. The molecule has 0 unspecified atom stereocenters. The Morgan fingerprint density at radius 2 is 1.97 bits per heavy atom. The van der Waals surface area contributed by atoms with E-state index in [0.29, 0.717) is 34.4 Å². The molecule has 0 spiro atoms. The first-order chi connectivity index (χ1) is 18.4. The summed E-state index contributed by atoms with van der Waals surface area (Å²) in [7, 11) is 0. The lowest BCUT2D eigenvalue weighted by Crippen LogP contribution is -2.22. The van der Waals surface area contributed by atoms with Crippen molar-refractivity contribution in [1.82, 2.24) is 9.66 Å². The number of aryl methyl sites for hydroxylation is 1. The maximum atomic E-state index is 13.2. The van der Waals surface area contributed by atoms with Crippen LogP contribution in [0.4, 0.5) is 11.4 Å². The van der Waals surface area contributed by atoms with Crippen molar-refractivity contribution in [1.29, 1.82) is 0 Å². The topological polar surface area (TPSA) is 129 Å². The molecule has 4 aromatic rings. The van der Waals surface area contributed by atoms with Crippen LogP contribution in [0.5, 0.6) is 5.75 Å². The number of para-hydroxylation sites is 1. The first-order valence-electron chi connectivity index (χ1n) is 11.9. The van der Waals surface area contributed by atoms with Crippen LogP contribution in [-0.2, 0) is 11.2 Å². The molecule has 3 aromatic carbocycles. The second-order valence-electron chi connectivity index (χ2n) is 8.34. The van der Waals surface area contributed by atoms with Gasteiger partial charge in [0, 0.05) is 28.2 Å². The zero-order valence-electron chi connectivity index (χ0n) is 20.5. The molecule has 1 heterocycles. The largest absolute Gasteiger partial charge is 0.477 e. The van der Waals surface area contributed by atoms with Gasteiger partial charge in [-0.25, -0.2) is 4.98 Å². The lowest BCUT2D eigenvalue weighted by molar-refractivity contribution is -0.385. The third-order valence-corrected chi connectivity index (χ3v) is 6.04. The molecule has 0 aliphatic heterocycles. The fraction of sp³-hybridized carbons (Fsp3) is 0.185. The van der Waals surface area contributed by atoms with Crippen molar-refractivity contribution >= 4 is 50.3 Å². The minimum atomic E-state index is -0.601. The van der Waals surface area contributed by atoms with Gasteiger partial charge in [0.15, 0.2) is 12.4 Å². The summed E-state index contributed by atoms with van der Waals surface area (Å²) in [4.78, 5) is 41.1. The highest BCUT2D eigenvalue weighted by Crippen LogP contribution is 2.27. The second kappa shape index (κ2) is 12.2. The van der Waals surface area contributed by atoms with Crippen LogP contribution in [0.1, 0.15) is 31.2 Å². The summed E-state index contributed by atoms with van der Waals surface area (Å²) >= 11 is 3.38. The zero-order chi connectivity index (χ0) is 27.1. The Morgan fingerprint density at radius 1 is 1.18 bits per heavy atom. The SMILES string of the molecule is CCCCc1nc2ccc(Br)cc2c(=O)n1N=Cc1ccc(OCC(=O)Nc2ccccc2)c([N+](=O)[O-])c1. The van der Waals surface area contributed by atoms with Crippen molar-refractivity contribution in [2.24, 2.45) is 5.10 Å². The number of ether oxygens (including phenoxy) is 1. The lowest BCUT2D eigenvalue weighted by Gasteiger charge is -2.10. The van der Waals surface area contributed by atoms with Crippen molar-refractivity contribution in [2.75, 3.05) is 11.9 Å². The van der Waals surface area contributed by atoms with Gasteiger partial charge >= 0.3 is 5.69 Å². The minimum Gasteiger partial charge on any atom is -0.477 e. The van der Waals surface area contributed by atoms with E-state index in [9.17, 15) is 19.7 Å². The number of benzene rings is 3. The molecule has 0 bridgehead atoms. The molecule has 38 heavy (non-hydrogen) atoms. The molecule has 1 N–H and O–H groups in total. The highest BCUT2D eigenvalue weighted by molar-refractivity contribution is 9.10. The molecule has 0 saturated heterocycles. The molecule has 194 valence electrons. The van der Waals surface area contributed by atoms with Gasteiger partial charge in [0.05, 0.1) is 22.0 Å². The maximum Gasteiger partial charge on any atom is 0.311 e. The summed E-state index contributed by atoms with van der Waals surface area (Å²) in [6, 6.07) is 18.3. The average molecular weight is 578 g/mol. The summed E-state index contributed by atoms with van der Waals surface area (Å²) in [5, 5.41) is 19.1. The van der Waals surface area contributed by atoms with Crippen LogP contribution in [0.3, 0.4) is 0 Å². The van der Waals surface area contributed by atoms with Gasteiger partial charge in [-0.3, -0.25) is 19.7 Å². The molecular weight excluding hydrogens is 554 g/mol. The Hall–Kier alpha value is -4.38. The number of rotatable bonds is 10. The van der Waals surface area contributed by atoms with Gasteiger partial charge in [-0.1, -0.05) is 47.5 Å². The number of aromatic nitrogens is 2. The normalized spacial score (nSPS) is 11.1. The fourth-order valence-electron chi connectivity index (χ4n) is 3.68. The van der Waals surface area contributed by atoms with Crippen molar-refractivity contribution in [3.8, 4) is 5.75 Å². The standard InChI is InChI=1S/C27H24BrN5O5/c1-2-3-9-25-31-22-12-11-19(28)15-21(22)27(35)32(25)29-16-18-10-13-24(23(14-18)33(36)37)38-17-26(34)30-20-7-5-4-6-8-20/h4-8,10-16H,2-3,9,17H2,1H3,(H,30,34). The number of carbonyl (C=O) groups excluding carboxylic acids is 1. The fourth-order valence-corrected chi connectivity index (χ4v) is 4.04. The number of nitro benzene ring substituents is 1. The Balaban J connectivity index is 1.59. The summed E-state index contributed by atoms with van der Waals surface area (Å²) in [5.41, 5.74) is 0.869. The molecule has 0 aliphatic carbocycles. The second-order valence-corrected chi connectivity index (χ2v) is 9.26. The Labute approximate surface area is 226 Å². The Kier molecular flexibility index (Phi) is 8.59. The molecule has 10 nitrogen and oxygen atoms in total. The molecule has 11 heteroatoms. The number of fused-ring (bicyclic) bond motifs is 1. The van der Waals surface area contributed by atoms with E-state index in [-0.39, 0.29) is 17.0 Å². The van der Waals surface area contributed by atoms with E-state index in [2.05, 4.69) is 31.3 Å². The molecule has 0 atom stereocenters. The smallest absolute Gasteiger partial charge is 0.311 e. The van der Waals surface area contributed by atoms with E-state index in [1.807, 2.05) is 19.1 Å². The molecular formula is C27H24BrN5O5. The number of nitrogens with one attached hydrogen (secondary N) is 1. The highest BCUT2D eigenvalue weighted by atomic mass is 79.9. The van der Waals surface area contributed by atoms with Crippen LogP contribution in [0.2, 0.25) is 0 Å². The molecule has 0 saturated carbocycles. The molecule has 1 amide bonds. The summed E-state index contributed by atoms with van der Waals surface area (Å²) in [6.45, 7) is 1.63. The quantitative estimate of drug-likeness (QED) is 0.154. The van der Waals surface area contributed by atoms with Crippen LogP contribution in [0, 0.1) is 10.1 Å². The molecule has 1 aromatic heterocycles. The first-order valence-corrected chi connectivity index (χ1v) is 12.7. The molecule has 0 radical (unpaired) electrons. The summed E-state index contributed by atoms with van der Waals surface area (Å²) in [5.74, 6) is -0.0132. The van der Waals surface area contributed by atoms with Crippen LogP contribution in [0.15, 0.2) is 81.1 Å². The van der Waals surface area contributed by atoms with Gasteiger partial charge in [-0.05, 0) is 48.9 Å². The van der Waals surface area contributed by atoms with E-state index in [0.717, 1.165) is 17.3 Å². The predicted molar refractivity (Wildman–Crippen MR) is 149 cm³/mol. The number of carbonyl (C=O) groups is 1. The van der Waals surface area contributed by atoms with Gasteiger partial charge in [-0.15, -0.1) is 0 Å². The van der Waals surface area contributed by atoms with Crippen molar-refractivity contribution < 1.29 is 14.5 Å². The minimum absolute atomic E-state index is 0.0617. The number of halogens is 1. The summed E-state index contributed by atoms with van der Waals surface area (Å²) in [6.07, 6.45) is 3.64. The van der Waals surface area contributed by atoms with Gasteiger partial charge in [-0.2, -0.15) is 9.78 Å². The maximum absolute atomic E-state index is 13.2. The first kappa shape index (κ1) is 26.7. The van der Waals surface area contributed by atoms with Crippen molar-refractivity contribution in [2.45, 2.75) is 26.2 Å². The van der Waals surface area contributed by atoms with Gasteiger partial charge in [0.1, 0.15) is 5.82 Å². The Morgan fingerprint density at radius 3 is 2.71 bits per heavy atom. The van der Waals surface area contributed by atoms with Crippen molar-refractivity contribution in [3.05, 3.63) is 103 Å². The molecule has 0 aliphatic rings. The average Bonchev–Trinajstić information content (AvgIpc) is 2.91. The number of nitro groups is 1. The Bertz CT molecular complexity index is 1570. The number of amides is 1. The van der Waals surface area contributed by atoms with Gasteiger partial charge in [0.25, 0.3) is 11.5 Å². The third kappa shape index (κ3) is 6.48. The number of anilines is 1. The van der Waals surface area contributed by atoms with E-state index < -0.39 is 17.4 Å². The zero-order valence-corrected chi connectivity index (χ0v) is 22.1.